The van der Waals surface area contributed by atoms with Crippen molar-refractivity contribution < 1.29 is 14.3 Å². The van der Waals surface area contributed by atoms with Crippen molar-refractivity contribution in [3.63, 3.8) is 0 Å². The summed E-state index contributed by atoms with van der Waals surface area (Å²) in [6.45, 7) is 2.71. The summed E-state index contributed by atoms with van der Waals surface area (Å²) in [5.74, 6) is 0.637. The number of methoxy groups -OCH3 is 1. The van der Waals surface area contributed by atoms with Crippen LogP contribution < -0.4 is 15.4 Å². The van der Waals surface area contributed by atoms with Gasteiger partial charge in [0.25, 0.3) is 0 Å². The van der Waals surface area contributed by atoms with Gasteiger partial charge in [-0.2, -0.15) is 0 Å². The number of amides is 4. The topological polar surface area (TPSA) is 73.9 Å². The molecule has 9 heteroatoms. The normalized spacial score (nSPS) is 17.3. The van der Waals surface area contributed by atoms with Gasteiger partial charge in [-0.3, -0.25) is 0 Å². The largest absolute Gasteiger partial charge is 0.495 e. The standard InChI is InChI=1S/C23H26BrClN4O3/c1-32-20-5-3-2-4-19(20)27-21(30)28-11-8-23(9-12-28)10-13-29(15-23)22(31)26-18-7-6-16(24)14-17(18)25/h2-7,14H,8-13,15H2,1H3,(H,26,31)(H,27,30). The molecule has 7 nitrogen and oxygen atoms in total. The van der Waals surface area contributed by atoms with Crippen LogP contribution in [-0.2, 0) is 0 Å². The molecule has 0 bridgehead atoms. The second kappa shape index (κ2) is 9.58. The lowest BCUT2D eigenvalue weighted by molar-refractivity contribution is 0.128. The summed E-state index contributed by atoms with van der Waals surface area (Å²) in [6.07, 6.45) is 2.68. The number of nitrogens with zero attached hydrogens (tertiary/aromatic N) is 2. The average molecular weight is 522 g/mol. The molecule has 2 saturated heterocycles. The van der Waals surface area contributed by atoms with Crippen molar-refractivity contribution >= 4 is 51.0 Å². The van der Waals surface area contributed by atoms with Crippen molar-refractivity contribution in [3.05, 3.63) is 52.0 Å². The fourth-order valence-electron chi connectivity index (χ4n) is 4.43. The van der Waals surface area contributed by atoms with Crippen LogP contribution in [0.25, 0.3) is 0 Å². The summed E-state index contributed by atoms with van der Waals surface area (Å²) >= 11 is 9.60. The summed E-state index contributed by atoms with van der Waals surface area (Å²) in [6, 6.07) is 12.5. The van der Waals surface area contributed by atoms with Crippen LogP contribution in [0, 0.1) is 5.41 Å². The third-order valence-electron chi connectivity index (χ3n) is 6.36. The van der Waals surface area contributed by atoms with Crippen molar-refractivity contribution in [2.45, 2.75) is 19.3 Å². The van der Waals surface area contributed by atoms with Gasteiger partial charge in [-0.05, 0) is 55.0 Å². The lowest BCUT2D eigenvalue weighted by Gasteiger charge is -2.39. The first-order valence-electron chi connectivity index (χ1n) is 10.6. The molecular formula is C23H26BrClN4O3. The molecule has 0 aromatic heterocycles. The van der Waals surface area contributed by atoms with E-state index in [1.54, 1.807) is 19.2 Å². The molecule has 2 fully saturated rings. The number of urea groups is 2. The van der Waals surface area contributed by atoms with Crippen LogP contribution in [-0.4, -0.2) is 55.2 Å². The Kier molecular flexibility index (Phi) is 6.81. The Hall–Kier alpha value is -2.45. The molecule has 2 aliphatic heterocycles. The van der Waals surface area contributed by atoms with Gasteiger partial charge < -0.3 is 25.2 Å². The van der Waals surface area contributed by atoms with E-state index in [0.717, 1.165) is 23.7 Å². The minimum absolute atomic E-state index is 0.0576. The van der Waals surface area contributed by atoms with Crippen LogP contribution >= 0.6 is 27.5 Å². The number of halogens is 2. The van der Waals surface area contributed by atoms with Crippen LogP contribution in [0.2, 0.25) is 5.02 Å². The van der Waals surface area contributed by atoms with Gasteiger partial charge in [0.15, 0.2) is 0 Å². The molecule has 2 aromatic rings. The number of para-hydroxylation sites is 2. The molecule has 2 heterocycles. The Morgan fingerprint density at radius 1 is 0.969 bits per heavy atom. The fraction of sp³-hybridized carbons (Fsp3) is 0.391. The average Bonchev–Trinajstić information content (AvgIpc) is 3.20. The lowest BCUT2D eigenvalue weighted by atomic mass is 9.78. The number of hydrogen-bond donors (Lipinski definition) is 2. The number of piperidine rings is 1. The molecule has 2 aliphatic rings. The van der Waals surface area contributed by atoms with Crippen molar-refractivity contribution in [2.75, 3.05) is 43.9 Å². The minimum Gasteiger partial charge on any atom is -0.495 e. The SMILES string of the molecule is COc1ccccc1NC(=O)N1CCC2(CCN(C(=O)Nc3ccc(Br)cc3Cl)C2)CC1. The molecule has 0 saturated carbocycles. The van der Waals surface area contributed by atoms with Crippen LogP contribution in [0.15, 0.2) is 46.9 Å². The van der Waals surface area contributed by atoms with E-state index in [1.165, 1.54) is 0 Å². The quantitative estimate of drug-likeness (QED) is 0.547. The van der Waals surface area contributed by atoms with Crippen molar-refractivity contribution in [2.24, 2.45) is 5.41 Å². The van der Waals surface area contributed by atoms with E-state index in [1.807, 2.05) is 40.1 Å². The van der Waals surface area contributed by atoms with Gasteiger partial charge in [0.05, 0.1) is 23.5 Å². The second-order valence-corrected chi connectivity index (χ2v) is 9.67. The maximum Gasteiger partial charge on any atom is 0.321 e. The zero-order chi connectivity index (χ0) is 22.7. The molecule has 0 aliphatic carbocycles. The van der Waals surface area contributed by atoms with E-state index in [9.17, 15) is 9.59 Å². The van der Waals surface area contributed by atoms with Crippen LogP contribution in [0.3, 0.4) is 0 Å². The summed E-state index contributed by atoms with van der Waals surface area (Å²) < 4.78 is 6.18. The van der Waals surface area contributed by atoms with E-state index in [0.29, 0.717) is 48.3 Å². The third kappa shape index (κ3) is 4.96. The number of carbonyl (C=O) groups is 2. The Morgan fingerprint density at radius 2 is 1.59 bits per heavy atom. The summed E-state index contributed by atoms with van der Waals surface area (Å²) in [4.78, 5) is 29.2. The van der Waals surface area contributed by atoms with Crippen molar-refractivity contribution in [1.82, 2.24) is 9.80 Å². The van der Waals surface area contributed by atoms with Gasteiger partial charge in [0, 0.05) is 30.7 Å². The van der Waals surface area contributed by atoms with Gasteiger partial charge >= 0.3 is 12.1 Å². The number of anilines is 2. The summed E-state index contributed by atoms with van der Waals surface area (Å²) in [5.41, 5.74) is 1.32. The molecule has 170 valence electrons. The van der Waals surface area contributed by atoms with E-state index in [2.05, 4.69) is 26.6 Å². The van der Waals surface area contributed by atoms with E-state index >= 15 is 0 Å². The molecule has 32 heavy (non-hydrogen) atoms. The molecule has 2 N–H and O–H groups in total. The number of carbonyl (C=O) groups excluding carboxylic acids is 2. The fourth-order valence-corrected chi connectivity index (χ4v) is 5.15. The van der Waals surface area contributed by atoms with Gasteiger partial charge in [-0.15, -0.1) is 0 Å². The number of hydrogen-bond acceptors (Lipinski definition) is 3. The third-order valence-corrected chi connectivity index (χ3v) is 7.16. The zero-order valence-electron chi connectivity index (χ0n) is 17.9. The van der Waals surface area contributed by atoms with Gasteiger partial charge in [0.2, 0.25) is 0 Å². The Labute approximate surface area is 201 Å². The number of ether oxygens (including phenoxy) is 1. The Bertz CT molecular complexity index is 1010. The molecular weight excluding hydrogens is 496 g/mol. The zero-order valence-corrected chi connectivity index (χ0v) is 20.2. The monoisotopic (exact) mass is 520 g/mol. The molecule has 2 aromatic carbocycles. The highest BCUT2D eigenvalue weighted by Crippen LogP contribution is 2.41. The molecule has 0 radical (unpaired) electrons. The smallest absolute Gasteiger partial charge is 0.321 e. The van der Waals surface area contributed by atoms with Gasteiger partial charge in [0.1, 0.15) is 5.75 Å². The predicted molar refractivity (Wildman–Crippen MR) is 130 cm³/mol. The Morgan fingerprint density at radius 3 is 2.28 bits per heavy atom. The molecule has 0 atom stereocenters. The van der Waals surface area contributed by atoms with E-state index in [-0.39, 0.29) is 17.5 Å². The molecule has 4 amide bonds. The first kappa shape index (κ1) is 22.7. The Balaban J connectivity index is 1.31. The highest BCUT2D eigenvalue weighted by Gasteiger charge is 2.42. The predicted octanol–water partition coefficient (Wildman–Crippen LogP) is 5.66. The van der Waals surface area contributed by atoms with Crippen molar-refractivity contribution in [1.29, 1.82) is 0 Å². The first-order chi connectivity index (χ1) is 15.4. The number of nitrogens with one attached hydrogen (secondary N) is 2. The molecule has 4 rings (SSSR count). The van der Waals surface area contributed by atoms with Crippen LogP contribution in [0.5, 0.6) is 5.75 Å². The lowest BCUT2D eigenvalue weighted by Crippen LogP contribution is -2.46. The minimum atomic E-state index is -0.137. The van der Waals surface area contributed by atoms with E-state index in [4.69, 9.17) is 16.3 Å². The second-order valence-electron chi connectivity index (χ2n) is 8.34. The van der Waals surface area contributed by atoms with Gasteiger partial charge in [-0.25, -0.2) is 9.59 Å². The van der Waals surface area contributed by atoms with Crippen molar-refractivity contribution in [3.8, 4) is 5.75 Å². The summed E-state index contributed by atoms with van der Waals surface area (Å²) in [7, 11) is 1.59. The van der Waals surface area contributed by atoms with E-state index < -0.39 is 0 Å². The highest BCUT2D eigenvalue weighted by molar-refractivity contribution is 9.10. The summed E-state index contributed by atoms with van der Waals surface area (Å²) in [5, 5.41) is 6.36. The van der Waals surface area contributed by atoms with Gasteiger partial charge in [-0.1, -0.05) is 39.7 Å². The molecule has 1 spiro atoms. The van der Waals surface area contributed by atoms with Crippen LogP contribution in [0.1, 0.15) is 19.3 Å². The van der Waals surface area contributed by atoms with Crippen LogP contribution in [0.4, 0.5) is 21.0 Å². The number of rotatable bonds is 3. The maximum atomic E-state index is 12.8. The first-order valence-corrected chi connectivity index (χ1v) is 11.8. The number of likely N-dealkylation sites (tertiary alicyclic amines) is 2. The maximum absolute atomic E-state index is 12.8. The highest BCUT2D eigenvalue weighted by atomic mass is 79.9. The number of benzene rings is 2. The molecule has 0 unspecified atom stereocenters.